The van der Waals surface area contributed by atoms with E-state index in [-0.39, 0.29) is 17.5 Å². The van der Waals surface area contributed by atoms with E-state index < -0.39 is 23.2 Å². The zero-order valence-corrected chi connectivity index (χ0v) is 16.7. The fourth-order valence-corrected chi connectivity index (χ4v) is 3.58. The Balaban J connectivity index is 1.71. The first-order valence-electron chi connectivity index (χ1n) is 9.62. The molecule has 4 N–H and O–H groups in total. The van der Waals surface area contributed by atoms with Gasteiger partial charge in [-0.05, 0) is 31.2 Å². The van der Waals surface area contributed by atoms with E-state index in [9.17, 15) is 13.6 Å². The number of nitrogens with one attached hydrogen (secondary N) is 2. The molecule has 9 nitrogen and oxygen atoms in total. The zero-order valence-electron chi connectivity index (χ0n) is 16.7. The van der Waals surface area contributed by atoms with Crippen LogP contribution in [0.2, 0.25) is 0 Å². The Hall–Kier alpha value is -4.41. The standard InChI is InChI=1S/C21H16F2N8O/c1-10(27-18-16-17(26-9-25-16)29-21(24)30-18)19-28-15-5-3-2-4-14(15)20(32)31(19)13-7-11(22)6-12(23)8-13/h2-10H,1H3,(H4,24,25,26,27,29,30). The number of halogens is 2. The number of fused-ring (bicyclic) bond motifs is 2. The molecule has 0 aliphatic heterocycles. The van der Waals surface area contributed by atoms with Crippen LogP contribution in [0, 0.1) is 11.6 Å². The minimum Gasteiger partial charge on any atom is -0.368 e. The Labute approximate surface area is 179 Å². The molecule has 1 atom stereocenters. The van der Waals surface area contributed by atoms with Crippen LogP contribution in [0.3, 0.4) is 0 Å². The number of hydrogen-bond donors (Lipinski definition) is 3. The highest BCUT2D eigenvalue weighted by Gasteiger charge is 2.21. The van der Waals surface area contributed by atoms with Crippen LogP contribution in [0.4, 0.5) is 20.5 Å². The molecule has 0 radical (unpaired) electrons. The van der Waals surface area contributed by atoms with Crippen LogP contribution in [0.5, 0.6) is 0 Å². The van der Waals surface area contributed by atoms with Crippen LogP contribution in [0.1, 0.15) is 18.8 Å². The van der Waals surface area contributed by atoms with Gasteiger partial charge in [0.2, 0.25) is 5.95 Å². The van der Waals surface area contributed by atoms with Crippen LogP contribution in [0.15, 0.2) is 53.6 Å². The van der Waals surface area contributed by atoms with E-state index >= 15 is 0 Å². The predicted molar refractivity (Wildman–Crippen MR) is 115 cm³/mol. The molecule has 2 aromatic carbocycles. The Morgan fingerprint density at radius 1 is 1.09 bits per heavy atom. The molecular weight excluding hydrogens is 418 g/mol. The third-order valence-electron chi connectivity index (χ3n) is 4.94. The van der Waals surface area contributed by atoms with Crippen LogP contribution >= 0.6 is 0 Å². The summed E-state index contributed by atoms with van der Waals surface area (Å²) in [5.41, 5.74) is 6.66. The second-order valence-electron chi connectivity index (χ2n) is 7.15. The molecule has 0 saturated carbocycles. The first-order valence-corrected chi connectivity index (χ1v) is 9.62. The maximum absolute atomic E-state index is 14.0. The van der Waals surface area contributed by atoms with Crippen molar-refractivity contribution < 1.29 is 8.78 Å². The zero-order chi connectivity index (χ0) is 22.4. The van der Waals surface area contributed by atoms with Crippen LogP contribution < -0.4 is 16.6 Å². The lowest BCUT2D eigenvalue weighted by atomic mass is 10.2. The lowest BCUT2D eigenvalue weighted by Crippen LogP contribution is -2.27. The number of para-hydroxylation sites is 1. The van der Waals surface area contributed by atoms with Gasteiger partial charge in [-0.3, -0.25) is 9.36 Å². The second kappa shape index (κ2) is 7.38. The van der Waals surface area contributed by atoms with Crippen molar-refractivity contribution in [3.05, 3.63) is 76.6 Å². The van der Waals surface area contributed by atoms with Gasteiger partial charge in [0.1, 0.15) is 23.0 Å². The number of H-pyrrole nitrogens is 1. The Kier molecular flexibility index (Phi) is 4.51. The van der Waals surface area contributed by atoms with Crippen molar-refractivity contribution in [1.29, 1.82) is 0 Å². The maximum atomic E-state index is 14.0. The number of rotatable bonds is 4. The van der Waals surface area contributed by atoms with E-state index in [2.05, 4.69) is 30.2 Å². The third-order valence-corrected chi connectivity index (χ3v) is 4.94. The molecule has 32 heavy (non-hydrogen) atoms. The van der Waals surface area contributed by atoms with Gasteiger partial charge in [0, 0.05) is 6.07 Å². The lowest BCUT2D eigenvalue weighted by Gasteiger charge is -2.20. The van der Waals surface area contributed by atoms with Crippen LogP contribution in [-0.4, -0.2) is 29.5 Å². The minimum absolute atomic E-state index is 0.0153. The van der Waals surface area contributed by atoms with E-state index in [0.29, 0.717) is 27.9 Å². The van der Waals surface area contributed by atoms with Gasteiger partial charge in [0.25, 0.3) is 5.56 Å². The predicted octanol–water partition coefficient (Wildman–Crippen LogP) is 3.09. The normalized spacial score (nSPS) is 12.3. The van der Waals surface area contributed by atoms with Gasteiger partial charge >= 0.3 is 0 Å². The van der Waals surface area contributed by atoms with Crippen LogP contribution in [-0.2, 0) is 0 Å². The smallest absolute Gasteiger partial charge is 0.266 e. The van der Waals surface area contributed by atoms with E-state index in [4.69, 9.17) is 5.73 Å². The van der Waals surface area contributed by atoms with Crippen molar-refractivity contribution in [2.45, 2.75) is 13.0 Å². The summed E-state index contributed by atoms with van der Waals surface area (Å²) in [6, 6.07) is 9.00. The number of benzene rings is 2. The summed E-state index contributed by atoms with van der Waals surface area (Å²) >= 11 is 0. The van der Waals surface area contributed by atoms with E-state index in [0.717, 1.165) is 18.2 Å². The van der Waals surface area contributed by atoms with Crippen molar-refractivity contribution in [1.82, 2.24) is 29.5 Å². The molecule has 5 aromatic rings. The van der Waals surface area contributed by atoms with Gasteiger partial charge in [0.15, 0.2) is 11.5 Å². The Morgan fingerprint density at radius 2 is 1.84 bits per heavy atom. The summed E-state index contributed by atoms with van der Waals surface area (Å²) < 4.78 is 29.2. The fourth-order valence-electron chi connectivity index (χ4n) is 3.58. The highest BCUT2D eigenvalue weighted by Crippen LogP contribution is 2.25. The van der Waals surface area contributed by atoms with Gasteiger partial charge in [0.05, 0.1) is 29.0 Å². The largest absolute Gasteiger partial charge is 0.368 e. The lowest BCUT2D eigenvalue weighted by molar-refractivity contribution is 0.579. The maximum Gasteiger partial charge on any atom is 0.266 e. The molecule has 5 rings (SSSR count). The van der Waals surface area contributed by atoms with Crippen molar-refractivity contribution >= 4 is 33.8 Å². The number of imidazole rings is 1. The summed E-state index contributed by atoms with van der Waals surface area (Å²) in [5, 5.41) is 3.45. The van der Waals surface area contributed by atoms with Gasteiger partial charge in [-0.2, -0.15) is 9.97 Å². The first kappa shape index (κ1) is 19.5. The van der Waals surface area contributed by atoms with Crippen molar-refractivity contribution in [3.63, 3.8) is 0 Å². The monoisotopic (exact) mass is 434 g/mol. The molecule has 0 amide bonds. The van der Waals surface area contributed by atoms with Crippen molar-refractivity contribution in [2.75, 3.05) is 11.1 Å². The SMILES string of the molecule is CC(Nc1nc(N)nc2[nH]cnc12)c1nc2ccccc2c(=O)n1-c1cc(F)cc(F)c1. The number of aromatic amines is 1. The summed E-state index contributed by atoms with van der Waals surface area (Å²) in [7, 11) is 0. The number of hydrogen-bond acceptors (Lipinski definition) is 7. The number of nitrogens with zero attached hydrogens (tertiary/aromatic N) is 5. The van der Waals surface area contributed by atoms with Gasteiger partial charge < -0.3 is 16.0 Å². The molecular formula is C21H16F2N8O. The van der Waals surface area contributed by atoms with Gasteiger partial charge in [-0.25, -0.2) is 18.7 Å². The van der Waals surface area contributed by atoms with Crippen molar-refractivity contribution in [2.24, 2.45) is 0 Å². The van der Waals surface area contributed by atoms with Crippen LogP contribution in [0.25, 0.3) is 27.8 Å². The highest BCUT2D eigenvalue weighted by molar-refractivity contribution is 5.83. The first-order chi connectivity index (χ1) is 15.4. The third kappa shape index (κ3) is 3.29. The number of nitrogen functional groups attached to an aromatic ring is 1. The summed E-state index contributed by atoms with van der Waals surface area (Å²) in [5.74, 6) is -1.06. The molecule has 11 heteroatoms. The summed E-state index contributed by atoms with van der Waals surface area (Å²) in [4.78, 5) is 33.3. The summed E-state index contributed by atoms with van der Waals surface area (Å²) in [6.45, 7) is 1.74. The molecule has 3 heterocycles. The molecule has 0 bridgehead atoms. The Bertz CT molecular complexity index is 1520. The topological polar surface area (TPSA) is 127 Å². The number of aromatic nitrogens is 6. The fraction of sp³-hybridized carbons (Fsp3) is 0.0952. The highest BCUT2D eigenvalue weighted by atomic mass is 19.1. The molecule has 0 aliphatic rings. The van der Waals surface area contributed by atoms with Crippen molar-refractivity contribution in [3.8, 4) is 5.69 Å². The molecule has 3 aromatic heterocycles. The average Bonchev–Trinajstić information content (AvgIpc) is 3.21. The molecule has 0 fully saturated rings. The molecule has 160 valence electrons. The quantitative estimate of drug-likeness (QED) is 0.397. The average molecular weight is 434 g/mol. The van der Waals surface area contributed by atoms with E-state index in [1.165, 1.54) is 10.9 Å². The Morgan fingerprint density at radius 3 is 2.62 bits per heavy atom. The number of nitrogens with two attached hydrogens (primary N) is 1. The van der Waals surface area contributed by atoms with Gasteiger partial charge in [-0.15, -0.1) is 0 Å². The second-order valence-corrected chi connectivity index (χ2v) is 7.15. The molecule has 0 saturated heterocycles. The summed E-state index contributed by atoms with van der Waals surface area (Å²) in [6.07, 6.45) is 1.45. The minimum atomic E-state index is -0.812. The van der Waals surface area contributed by atoms with E-state index in [1.54, 1.807) is 31.2 Å². The van der Waals surface area contributed by atoms with Gasteiger partial charge in [-0.1, -0.05) is 12.1 Å². The number of anilines is 2. The molecule has 0 spiro atoms. The molecule has 0 aliphatic carbocycles. The molecule has 1 unspecified atom stereocenters. The van der Waals surface area contributed by atoms with E-state index in [1.807, 2.05) is 0 Å².